The van der Waals surface area contributed by atoms with Crippen LogP contribution in [0.1, 0.15) is 31.0 Å². The molecule has 0 radical (unpaired) electrons. The first-order chi connectivity index (χ1) is 9.49. The van der Waals surface area contributed by atoms with Crippen molar-refractivity contribution in [2.45, 2.75) is 33.4 Å². The number of hydrogen-bond acceptors (Lipinski definition) is 3. The second kappa shape index (κ2) is 6.09. The van der Waals surface area contributed by atoms with E-state index in [2.05, 4.69) is 10.4 Å². The van der Waals surface area contributed by atoms with Crippen LogP contribution in [0.15, 0.2) is 35.3 Å². The predicted molar refractivity (Wildman–Crippen MR) is 82.4 cm³/mol. The molecule has 1 N–H and O–H groups in total. The Morgan fingerprint density at radius 2 is 1.95 bits per heavy atom. The molecule has 0 saturated carbocycles. The Morgan fingerprint density at radius 3 is 2.55 bits per heavy atom. The van der Waals surface area contributed by atoms with Crippen LogP contribution in [0.4, 0.5) is 5.69 Å². The maximum Gasteiger partial charge on any atom is 0.287 e. The molecule has 20 heavy (non-hydrogen) atoms. The summed E-state index contributed by atoms with van der Waals surface area (Å²) in [5.74, 6) is 0. The molecule has 5 heteroatoms. The molecule has 0 saturated heterocycles. The van der Waals surface area contributed by atoms with E-state index in [9.17, 15) is 4.79 Å². The summed E-state index contributed by atoms with van der Waals surface area (Å²) < 4.78 is 1.37. The Kier molecular flexibility index (Phi) is 4.45. The summed E-state index contributed by atoms with van der Waals surface area (Å²) in [4.78, 5) is 12.0. The van der Waals surface area contributed by atoms with Gasteiger partial charge in [0.25, 0.3) is 5.56 Å². The third kappa shape index (κ3) is 3.20. The maximum absolute atomic E-state index is 12.0. The highest BCUT2D eigenvalue weighted by Gasteiger charge is 2.10. The van der Waals surface area contributed by atoms with E-state index < -0.39 is 0 Å². The number of anilines is 1. The molecule has 0 atom stereocenters. The molecular formula is C15H18ClN3O. The van der Waals surface area contributed by atoms with Crippen molar-refractivity contribution in [3.8, 4) is 0 Å². The van der Waals surface area contributed by atoms with Gasteiger partial charge in [-0.25, -0.2) is 4.68 Å². The van der Waals surface area contributed by atoms with Gasteiger partial charge < -0.3 is 5.32 Å². The van der Waals surface area contributed by atoms with E-state index in [-0.39, 0.29) is 16.6 Å². The number of aromatic nitrogens is 2. The van der Waals surface area contributed by atoms with Gasteiger partial charge in [-0.2, -0.15) is 5.10 Å². The Bertz CT molecular complexity index is 647. The van der Waals surface area contributed by atoms with Crippen molar-refractivity contribution in [2.24, 2.45) is 0 Å². The summed E-state index contributed by atoms with van der Waals surface area (Å²) in [5, 5.41) is 7.45. The lowest BCUT2D eigenvalue weighted by Gasteiger charge is -2.12. The van der Waals surface area contributed by atoms with Crippen molar-refractivity contribution in [2.75, 3.05) is 5.32 Å². The summed E-state index contributed by atoms with van der Waals surface area (Å²) in [5.41, 5.74) is 2.64. The van der Waals surface area contributed by atoms with Crippen molar-refractivity contribution >= 4 is 17.3 Å². The molecule has 2 aromatic rings. The number of halogens is 1. The fraction of sp³-hybridized carbons (Fsp3) is 0.333. The van der Waals surface area contributed by atoms with Gasteiger partial charge in [-0.1, -0.05) is 41.4 Å². The zero-order valence-corrected chi connectivity index (χ0v) is 12.6. The molecule has 0 aliphatic rings. The first-order valence-electron chi connectivity index (χ1n) is 6.55. The Hall–Kier alpha value is -1.81. The van der Waals surface area contributed by atoms with E-state index in [0.717, 1.165) is 5.56 Å². The van der Waals surface area contributed by atoms with Gasteiger partial charge in [-0.15, -0.1) is 0 Å². The molecule has 1 heterocycles. The average Bonchev–Trinajstić information content (AvgIpc) is 2.42. The van der Waals surface area contributed by atoms with Crippen LogP contribution < -0.4 is 10.9 Å². The summed E-state index contributed by atoms with van der Waals surface area (Å²) in [6, 6.07) is 8.17. The minimum Gasteiger partial charge on any atom is -0.378 e. The van der Waals surface area contributed by atoms with Crippen molar-refractivity contribution in [1.82, 2.24) is 9.78 Å². The highest BCUT2D eigenvalue weighted by atomic mass is 35.5. The lowest BCUT2D eigenvalue weighted by atomic mass is 10.1. The molecule has 106 valence electrons. The van der Waals surface area contributed by atoms with Crippen molar-refractivity contribution in [3.05, 3.63) is 57.0 Å². The van der Waals surface area contributed by atoms with Gasteiger partial charge in [0.15, 0.2) is 0 Å². The van der Waals surface area contributed by atoms with Gasteiger partial charge >= 0.3 is 0 Å². The van der Waals surface area contributed by atoms with Crippen LogP contribution in [0.3, 0.4) is 0 Å². The normalized spacial score (nSPS) is 10.8. The van der Waals surface area contributed by atoms with E-state index >= 15 is 0 Å². The van der Waals surface area contributed by atoms with Crippen LogP contribution in [-0.2, 0) is 6.54 Å². The van der Waals surface area contributed by atoms with E-state index in [0.29, 0.717) is 12.2 Å². The average molecular weight is 292 g/mol. The number of nitrogens with zero attached hydrogens (tertiary/aromatic N) is 2. The van der Waals surface area contributed by atoms with Crippen LogP contribution in [0.5, 0.6) is 0 Å². The van der Waals surface area contributed by atoms with E-state index in [1.165, 1.54) is 10.2 Å². The molecule has 0 bridgehead atoms. The quantitative estimate of drug-likeness (QED) is 0.939. The number of hydrogen-bond donors (Lipinski definition) is 1. The Morgan fingerprint density at radius 1 is 1.30 bits per heavy atom. The highest BCUT2D eigenvalue weighted by Crippen LogP contribution is 2.17. The van der Waals surface area contributed by atoms with Crippen molar-refractivity contribution < 1.29 is 0 Å². The molecule has 0 amide bonds. The largest absolute Gasteiger partial charge is 0.378 e. The molecule has 1 aromatic carbocycles. The number of aryl methyl sites for hydroxylation is 1. The topological polar surface area (TPSA) is 46.9 Å². The molecular weight excluding hydrogens is 274 g/mol. The van der Waals surface area contributed by atoms with Crippen LogP contribution in [-0.4, -0.2) is 9.78 Å². The van der Waals surface area contributed by atoms with E-state index in [4.69, 9.17) is 11.6 Å². The standard InChI is InChI=1S/C15H18ClN3O/c1-10(2)19-15(20)14(16)13(9-18-19)17-8-12-6-4-11(3)5-7-12/h4-7,9-10,17H,8H2,1-3H3. The molecule has 0 aliphatic carbocycles. The van der Waals surface area contributed by atoms with Crippen LogP contribution in [0.25, 0.3) is 0 Å². The minimum absolute atomic E-state index is 0.00820. The number of nitrogens with one attached hydrogen (secondary N) is 1. The summed E-state index contributed by atoms with van der Waals surface area (Å²) in [6.07, 6.45) is 1.60. The van der Waals surface area contributed by atoms with Gasteiger partial charge in [-0.05, 0) is 26.3 Å². The van der Waals surface area contributed by atoms with E-state index in [1.807, 2.05) is 45.0 Å². The lowest BCUT2D eigenvalue weighted by Crippen LogP contribution is -2.25. The summed E-state index contributed by atoms with van der Waals surface area (Å²) in [7, 11) is 0. The molecule has 0 fully saturated rings. The molecule has 4 nitrogen and oxygen atoms in total. The van der Waals surface area contributed by atoms with Crippen LogP contribution >= 0.6 is 11.6 Å². The number of rotatable bonds is 4. The molecule has 0 spiro atoms. The van der Waals surface area contributed by atoms with Crippen LogP contribution in [0.2, 0.25) is 5.02 Å². The van der Waals surface area contributed by atoms with Crippen molar-refractivity contribution in [1.29, 1.82) is 0 Å². The molecule has 0 aliphatic heterocycles. The molecule has 0 unspecified atom stereocenters. The Labute approximate surface area is 123 Å². The Balaban J connectivity index is 2.16. The van der Waals surface area contributed by atoms with Gasteiger partial charge in [0, 0.05) is 6.54 Å². The van der Waals surface area contributed by atoms with Crippen LogP contribution in [0, 0.1) is 6.92 Å². The first-order valence-corrected chi connectivity index (χ1v) is 6.93. The van der Waals surface area contributed by atoms with Crippen molar-refractivity contribution in [3.63, 3.8) is 0 Å². The second-order valence-electron chi connectivity index (χ2n) is 5.05. The fourth-order valence-corrected chi connectivity index (χ4v) is 2.04. The SMILES string of the molecule is Cc1ccc(CNc2cnn(C(C)C)c(=O)c2Cl)cc1. The molecule has 2 rings (SSSR count). The zero-order valence-electron chi connectivity index (χ0n) is 11.9. The van der Waals surface area contributed by atoms with E-state index in [1.54, 1.807) is 6.20 Å². The summed E-state index contributed by atoms with van der Waals surface area (Å²) >= 11 is 6.10. The van der Waals surface area contributed by atoms with Gasteiger partial charge in [-0.3, -0.25) is 4.79 Å². The second-order valence-corrected chi connectivity index (χ2v) is 5.43. The van der Waals surface area contributed by atoms with Gasteiger partial charge in [0.2, 0.25) is 0 Å². The fourth-order valence-electron chi connectivity index (χ4n) is 1.84. The predicted octanol–water partition coefficient (Wildman–Crippen LogP) is 3.40. The highest BCUT2D eigenvalue weighted by molar-refractivity contribution is 6.32. The van der Waals surface area contributed by atoms with Gasteiger partial charge in [0.1, 0.15) is 5.02 Å². The van der Waals surface area contributed by atoms with Gasteiger partial charge in [0.05, 0.1) is 17.9 Å². The summed E-state index contributed by atoms with van der Waals surface area (Å²) in [6.45, 7) is 6.44. The minimum atomic E-state index is -0.268. The lowest BCUT2D eigenvalue weighted by molar-refractivity contribution is 0.503. The maximum atomic E-state index is 12.0. The first kappa shape index (κ1) is 14.6. The number of benzene rings is 1. The zero-order chi connectivity index (χ0) is 14.7. The third-order valence-electron chi connectivity index (χ3n) is 3.04. The third-order valence-corrected chi connectivity index (χ3v) is 3.40. The smallest absolute Gasteiger partial charge is 0.287 e. The monoisotopic (exact) mass is 291 g/mol. The molecule has 1 aromatic heterocycles.